The van der Waals surface area contributed by atoms with Crippen molar-refractivity contribution in [1.29, 1.82) is 0 Å². The van der Waals surface area contributed by atoms with E-state index < -0.39 is 0 Å². The highest BCUT2D eigenvalue weighted by Crippen LogP contribution is 2.24. The minimum atomic E-state index is -0.0690. The molecule has 1 aliphatic rings. The molecule has 64 valence electrons. The Hall–Kier alpha value is -0.570. The van der Waals surface area contributed by atoms with Crippen molar-refractivity contribution in [3.63, 3.8) is 0 Å². The van der Waals surface area contributed by atoms with Gasteiger partial charge in [0.15, 0.2) is 0 Å². The largest absolute Gasteiger partial charge is 0.466 e. The average molecular weight is 157 g/mol. The Kier molecular flexibility index (Phi) is 2.88. The predicted molar refractivity (Wildman–Crippen MR) is 41.9 cm³/mol. The monoisotopic (exact) mass is 157 g/mol. The fourth-order valence-corrected chi connectivity index (χ4v) is 1.49. The summed E-state index contributed by atoms with van der Waals surface area (Å²) >= 11 is 0. The summed E-state index contributed by atoms with van der Waals surface area (Å²) in [6, 6.07) is 0.212. The van der Waals surface area contributed by atoms with Gasteiger partial charge in [-0.15, -0.1) is 0 Å². The van der Waals surface area contributed by atoms with Crippen molar-refractivity contribution >= 4 is 5.97 Å². The molecular weight excluding hydrogens is 142 g/mol. The van der Waals surface area contributed by atoms with Crippen LogP contribution in [0.15, 0.2) is 0 Å². The number of carbonyl (C=O) groups is 1. The first kappa shape index (κ1) is 8.53. The van der Waals surface area contributed by atoms with Crippen molar-refractivity contribution in [2.75, 3.05) is 6.61 Å². The van der Waals surface area contributed by atoms with Gasteiger partial charge >= 0.3 is 5.97 Å². The highest BCUT2D eigenvalue weighted by molar-refractivity contribution is 5.72. The first-order chi connectivity index (χ1) is 5.24. The molecule has 2 atom stereocenters. The van der Waals surface area contributed by atoms with Gasteiger partial charge in [0, 0.05) is 6.04 Å². The maximum absolute atomic E-state index is 11.1. The Morgan fingerprint density at radius 3 is 2.82 bits per heavy atom. The normalized spacial score (nSPS) is 30.4. The number of nitrogens with two attached hydrogens (primary N) is 1. The summed E-state index contributed by atoms with van der Waals surface area (Å²) in [6.45, 7) is 2.30. The number of esters is 1. The minimum absolute atomic E-state index is 0.0690. The zero-order chi connectivity index (χ0) is 8.27. The highest BCUT2D eigenvalue weighted by Gasteiger charge is 2.28. The Labute approximate surface area is 66.9 Å². The molecule has 1 saturated carbocycles. The van der Waals surface area contributed by atoms with Crippen LogP contribution in [0.2, 0.25) is 0 Å². The molecule has 0 aliphatic heterocycles. The van der Waals surface area contributed by atoms with Crippen molar-refractivity contribution in [3.8, 4) is 0 Å². The van der Waals surface area contributed by atoms with Crippen LogP contribution >= 0.6 is 0 Å². The second-order valence-corrected chi connectivity index (χ2v) is 3.02. The summed E-state index contributed by atoms with van der Waals surface area (Å²) < 4.78 is 4.88. The van der Waals surface area contributed by atoms with Gasteiger partial charge in [-0.05, 0) is 26.2 Å². The molecule has 1 fully saturated rings. The van der Waals surface area contributed by atoms with Crippen LogP contribution in [0.5, 0.6) is 0 Å². The van der Waals surface area contributed by atoms with Crippen molar-refractivity contribution in [2.24, 2.45) is 11.7 Å². The maximum Gasteiger partial charge on any atom is 0.308 e. The molecule has 2 N–H and O–H groups in total. The molecule has 0 aromatic rings. The first-order valence-corrected chi connectivity index (χ1v) is 4.16. The van der Waals surface area contributed by atoms with Crippen LogP contribution < -0.4 is 5.73 Å². The van der Waals surface area contributed by atoms with Gasteiger partial charge in [-0.25, -0.2) is 0 Å². The molecule has 0 saturated heterocycles. The Morgan fingerprint density at radius 1 is 1.64 bits per heavy atom. The zero-order valence-electron chi connectivity index (χ0n) is 6.88. The summed E-state index contributed by atoms with van der Waals surface area (Å²) in [5.41, 5.74) is 5.65. The smallest absolute Gasteiger partial charge is 0.308 e. The van der Waals surface area contributed by atoms with Gasteiger partial charge in [-0.3, -0.25) is 4.79 Å². The quantitative estimate of drug-likeness (QED) is 0.599. The lowest BCUT2D eigenvalue weighted by atomic mass is 10.1. The molecule has 11 heavy (non-hydrogen) atoms. The molecule has 0 spiro atoms. The average Bonchev–Trinajstić information content (AvgIpc) is 2.36. The van der Waals surface area contributed by atoms with E-state index >= 15 is 0 Å². The van der Waals surface area contributed by atoms with Gasteiger partial charge in [-0.1, -0.05) is 0 Å². The van der Waals surface area contributed by atoms with Crippen LogP contribution in [-0.2, 0) is 9.53 Å². The number of rotatable bonds is 2. The van der Waals surface area contributed by atoms with Crippen molar-refractivity contribution < 1.29 is 9.53 Å². The van der Waals surface area contributed by atoms with E-state index in [9.17, 15) is 4.79 Å². The third-order valence-corrected chi connectivity index (χ3v) is 2.09. The molecule has 0 unspecified atom stereocenters. The third-order valence-electron chi connectivity index (χ3n) is 2.09. The van der Waals surface area contributed by atoms with E-state index in [2.05, 4.69) is 0 Å². The topological polar surface area (TPSA) is 52.3 Å². The van der Waals surface area contributed by atoms with Gasteiger partial charge in [0.05, 0.1) is 12.5 Å². The molecule has 0 amide bonds. The fraction of sp³-hybridized carbons (Fsp3) is 0.875. The predicted octanol–water partition coefficient (Wildman–Crippen LogP) is 0.677. The minimum Gasteiger partial charge on any atom is -0.466 e. The van der Waals surface area contributed by atoms with E-state index in [1.165, 1.54) is 0 Å². The van der Waals surface area contributed by atoms with Crippen LogP contribution in [-0.4, -0.2) is 18.6 Å². The van der Waals surface area contributed by atoms with Crippen molar-refractivity contribution in [3.05, 3.63) is 0 Å². The summed E-state index contributed by atoms with van der Waals surface area (Å²) in [6.07, 6.45) is 2.67. The second-order valence-electron chi connectivity index (χ2n) is 3.02. The van der Waals surface area contributed by atoms with Gasteiger partial charge in [0.1, 0.15) is 0 Å². The molecular formula is C8H15NO2. The lowest BCUT2D eigenvalue weighted by Gasteiger charge is -2.07. The van der Waals surface area contributed by atoms with E-state index in [-0.39, 0.29) is 17.9 Å². The fourth-order valence-electron chi connectivity index (χ4n) is 1.49. The summed E-state index contributed by atoms with van der Waals surface area (Å²) in [5, 5.41) is 0. The third kappa shape index (κ3) is 2.19. The Bertz CT molecular complexity index is 147. The molecule has 3 heteroatoms. The first-order valence-electron chi connectivity index (χ1n) is 4.16. The Balaban J connectivity index is 2.31. The molecule has 3 nitrogen and oxygen atoms in total. The van der Waals surface area contributed by atoms with E-state index in [1.807, 2.05) is 6.92 Å². The van der Waals surface area contributed by atoms with Crippen molar-refractivity contribution in [2.45, 2.75) is 32.2 Å². The van der Waals surface area contributed by atoms with Crippen LogP contribution in [0.25, 0.3) is 0 Å². The zero-order valence-corrected chi connectivity index (χ0v) is 6.88. The number of carbonyl (C=O) groups excluding carboxylic acids is 1. The van der Waals surface area contributed by atoms with Gasteiger partial charge in [0.25, 0.3) is 0 Å². The van der Waals surface area contributed by atoms with Gasteiger partial charge in [0.2, 0.25) is 0 Å². The van der Waals surface area contributed by atoms with E-state index in [0.29, 0.717) is 6.61 Å². The van der Waals surface area contributed by atoms with Crippen LogP contribution in [0.4, 0.5) is 0 Å². The molecule has 0 aromatic carbocycles. The molecule has 1 aliphatic carbocycles. The number of hydrogen-bond acceptors (Lipinski definition) is 3. The van der Waals surface area contributed by atoms with Gasteiger partial charge < -0.3 is 10.5 Å². The molecule has 0 radical (unpaired) electrons. The second kappa shape index (κ2) is 3.72. The molecule has 0 aromatic heterocycles. The lowest BCUT2D eigenvalue weighted by molar-refractivity contribution is -0.147. The van der Waals surface area contributed by atoms with Crippen molar-refractivity contribution in [1.82, 2.24) is 0 Å². The lowest BCUT2D eigenvalue weighted by Crippen LogP contribution is -2.19. The highest BCUT2D eigenvalue weighted by atomic mass is 16.5. The van der Waals surface area contributed by atoms with E-state index in [1.54, 1.807) is 0 Å². The summed E-state index contributed by atoms with van der Waals surface area (Å²) in [7, 11) is 0. The van der Waals surface area contributed by atoms with E-state index in [0.717, 1.165) is 19.3 Å². The standard InChI is InChI=1S/C8H15NO2/c1-2-11-8(10)6-3-4-7(9)5-6/h6-7H,2-5,9H2,1H3/t6-,7+/m0/s1. The maximum atomic E-state index is 11.1. The van der Waals surface area contributed by atoms with Crippen LogP contribution in [0.1, 0.15) is 26.2 Å². The number of ether oxygens (including phenoxy) is 1. The summed E-state index contributed by atoms with van der Waals surface area (Å²) in [4.78, 5) is 11.1. The number of hydrogen-bond donors (Lipinski definition) is 1. The van der Waals surface area contributed by atoms with E-state index in [4.69, 9.17) is 10.5 Å². The van der Waals surface area contributed by atoms with Gasteiger partial charge in [-0.2, -0.15) is 0 Å². The Morgan fingerprint density at radius 2 is 2.36 bits per heavy atom. The molecule has 0 heterocycles. The summed E-state index contributed by atoms with van der Waals surface area (Å²) in [5.74, 6) is 0.00500. The molecule has 0 bridgehead atoms. The SMILES string of the molecule is CCOC(=O)[C@H]1CC[C@@H](N)C1. The molecule has 1 rings (SSSR count). The van der Waals surface area contributed by atoms with Crippen LogP contribution in [0.3, 0.4) is 0 Å². The van der Waals surface area contributed by atoms with Crippen LogP contribution in [0, 0.1) is 5.92 Å².